The van der Waals surface area contributed by atoms with Gasteiger partial charge in [-0.05, 0) is 44.6 Å². The minimum Gasteiger partial charge on any atom is -1.00 e. The Kier molecular flexibility index (Phi) is 14.6. The van der Waals surface area contributed by atoms with Crippen LogP contribution in [0.1, 0.15) is 20.8 Å². The number of ether oxygens (including phenoxy) is 1. The van der Waals surface area contributed by atoms with Crippen LogP contribution in [0.2, 0.25) is 0 Å². The van der Waals surface area contributed by atoms with Crippen LogP contribution in [0, 0.1) is 5.92 Å². The van der Waals surface area contributed by atoms with Gasteiger partial charge in [-0.15, -0.1) is 0 Å². The Morgan fingerprint density at radius 2 is 1.19 bits per heavy atom. The third-order valence-corrected chi connectivity index (χ3v) is 13.8. The number of benzene rings is 3. The Labute approximate surface area is 267 Å². The minimum absolute atomic E-state index is 0. The van der Waals surface area contributed by atoms with Crippen molar-refractivity contribution in [2.45, 2.75) is 37.7 Å². The van der Waals surface area contributed by atoms with Crippen molar-refractivity contribution >= 4 is 37.7 Å². The van der Waals surface area contributed by atoms with Crippen LogP contribution < -0.4 is 40.7 Å². The summed E-state index contributed by atoms with van der Waals surface area (Å²) in [7, 11) is -1.25. The summed E-state index contributed by atoms with van der Waals surface area (Å²) in [5, 5.41) is 4.10. The molecule has 8 heteroatoms. The molecule has 0 amide bonds. The summed E-state index contributed by atoms with van der Waals surface area (Å²) in [6.07, 6.45) is 0. The van der Waals surface area contributed by atoms with Gasteiger partial charge in [-0.3, -0.25) is 4.79 Å². The Balaban J connectivity index is 0.00000171. The summed E-state index contributed by atoms with van der Waals surface area (Å²) < 4.78 is 5.76. The first kappa shape index (κ1) is 34.8. The maximum atomic E-state index is 13.6. The van der Waals surface area contributed by atoms with Gasteiger partial charge in [-0.25, -0.2) is 0 Å². The number of esters is 1. The van der Waals surface area contributed by atoms with Gasteiger partial charge in [0, 0.05) is 17.0 Å². The van der Waals surface area contributed by atoms with Crippen molar-refractivity contribution in [3.8, 4) is 0 Å². The molecular formula is C29H30Au2Cl2O2P2. The molecule has 2 heterocycles. The summed E-state index contributed by atoms with van der Waals surface area (Å²) in [6, 6.07) is 32.6. The SMILES string of the molecule is CCOC(=O)[C@H]1C2C(C)=C(C)C([C@H]1P(c1ccccc1)c1ccccc1)P2c1ccccc1.[Au+].[Au+].[Cl-].[Cl-]. The Morgan fingerprint density at radius 3 is 1.65 bits per heavy atom. The van der Waals surface area contributed by atoms with Crippen LogP contribution in [0.5, 0.6) is 0 Å². The molecule has 2 nitrogen and oxygen atoms in total. The van der Waals surface area contributed by atoms with Crippen molar-refractivity contribution in [3.63, 3.8) is 0 Å². The molecule has 3 aromatic rings. The fraction of sp³-hybridized carbons (Fsp3) is 0.276. The summed E-state index contributed by atoms with van der Waals surface area (Å²) in [5.41, 5.74) is 3.81. The number of hydrogen-bond acceptors (Lipinski definition) is 2. The first-order valence-electron chi connectivity index (χ1n) is 11.7. The largest absolute Gasteiger partial charge is 1.00 e. The van der Waals surface area contributed by atoms with E-state index in [1.165, 1.54) is 27.1 Å². The Morgan fingerprint density at radius 1 is 0.757 bits per heavy atom. The predicted molar refractivity (Wildman–Crippen MR) is 142 cm³/mol. The van der Waals surface area contributed by atoms with Crippen LogP contribution in [0.15, 0.2) is 102 Å². The minimum atomic E-state index is -0.731. The average molecular weight is 937 g/mol. The van der Waals surface area contributed by atoms with Crippen LogP contribution in [0.25, 0.3) is 0 Å². The second-order valence-electron chi connectivity index (χ2n) is 8.81. The number of hydrogen-bond donors (Lipinski definition) is 0. The van der Waals surface area contributed by atoms with E-state index in [0.717, 1.165) is 0 Å². The van der Waals surface area contributed by atoms with Crippen molar-refractivity contribution in [2.75, 3.05) is 6.61 Å². The van der Waals surface area contributed by atoms with E-state index in [9.17, 15) is 4.79 Å². The molecule has 0 aromatic heterocycles. The third kappa shape index (κ3) is 6.58. The predicted octanol–water partition coefficient (Wildman–Crippen LogP) is -0.422. The summed E-state index contributed by atoms with van der Waals surface area (Å²) in [4.78, 5) is 13.6. The zero-order valence-corrected chi connectivity index (χ0v) is 28.4. The van der Waals surface area contributed by atoms with E-state index in [2.05, 4.69) is 105 Å². The molecule has 0 saturated carbocycles. The molecule has 3 aromatic carbocycles. The molecule has 3 unspecified atom stereocenters. The van der Waals surface area contributed by atoms with Crippen LogP contribution in [-0.4, -0.2) is 29.6 Å². The first-order chi connectivity index (χ1) is 16.1. The molecule has 2 aliphatic heterocycles. The number of halogens is 2. The van der Waals surface area contributed by atoms with Gasteiger partial charge in [0.05, 0.1) is 12.5 Å². The maximum Gasteiger partial charge on any atom is 1.00 e. The topological polar surface area (TPSA) is 26.3 Å². The molecule has 0 radical (unpaired) electrons. The summed E-state index contributed by atoms with van der Waals surface area (Å²) in [5.74, 6) is -0.110. The average Bonchev–Trinajstić information content (AvgIpc) is 3.32. The quantitative estimate of drug-likeness (QED) is 0.146. The van der Waals surface area contributed by atoms with E-state index < -0.39 is 15.8 Å². The normalized spacial score (nSPS) is 23.3. The zero-order valence-electron chi connectivity index (χ0n) is 20.7. The van der Waals surface area contributed by atoms with Crippen LogP contribution in [-0.2, 0) is 54.3 Å². The van der Waals surface area contributed by atoms with Crippen molar-refractivity contribution in [1.82, 2.24) is 0 Å². The van der Waals surface area contributed by atoms with Crippen molar-refractivity contribution in [2.24, 2.45) is 5.92 Å². The van der Waals surface area contributed by atoms with Crippen molar-refractivity contribution in [1.29, 1.82) is 0 Å². The molecule has 5 atom stereocenters. The molecule has 37 heavy (non-hydrogen) atoms. The molecule has 0 aliphatic carbocycles. The van der Waals surface area contributed by atoms with E-state index in [0.29, 0.717) is 12.3 Å². The fourth-order valence-electron chi connectivity index (χ4n) is 5.70. The standard InChI is InChI=1S/C29H30O2P2.2Au.2ClH/c1-4-31-29(30)25-26-20(2)21(3)27(33(26)24-18-12-7-13-19-24)28(25)32(22-14-8-5-9-15-22)23-16-10-6-11-17-23;;;;/h5-19,25-28H,4H2,1-3H3;;;2*1H/q;2*+1;;/p-2/t25-,26?,27?,28-,33?;;;;/m0..../s1. The first-order valence-corrected chi connectivity index (χ1v) is 14.6. The van der Waals surface area contributed by atoms with E-state index in [-0.39, 0.29) is 92.8 Å². The molecule has 5 rings (SSSR count). The van der Waals surface area contributed by atoms with Crippen molar-refractivity contribution in [3.05, 3.63) is 102 Å². The smallest absolute Gasteiger partial charge is 1.00 e. The monoisotopic (exact) mass is 936 g/mol. The molecular weight excluding hydrogens is 907 g/mol. The number of fused-ring (bicyclic) bond motifs is 2. The van der Waals surface area contributed by atoms with Gasteiger partial charge in [-0.1, -0.05) is 110 Å². The molecule has 1 saturated heterocycles. The van der Waals surface area contributed by atoms with Gasteiger partial charge in [0.25, 0.3) is 0 Å². The molecule has 204 valence electrons. The van der Waals surface area contributed by atoms with Crippen LogP contribution >= 0.6 is 15.8 Å². The molecule has 2 bridgehead atoms. The molecule has 1 fully saturated rings. The Hall–Kier alpha value is -0.209. The second kappa shape index (κ2) is 15.5. The van der Waals surface area contributed by atoms with E-state index in [1.54, 1.807) is 0 Å². The van der Waals surface area contributed by atoms with Gasteiger partial charge in [0.1, 0.15) is 0 Å². The van der Waals surface area contributed by atoms with E-state index >= 15 is 0 Å². The fourth-order valence-corrected chi connectivity index (χ4v) is 13.7. The third-order valence-electron chi connectivity index (χ3n) is 7.12. The summed E-state index contributed by atoms with van der Waals surface area (Å²) in [6.45, 7) is 6.93. The Bertz CT molecular complexity index is 1130. The molecule has 0 N–H and O–H groups in total. The van der Waals surface area contributed by atoms with Gasteiger partial charge in [0.2, 0.25) is 0 Å². The molecule has 0 spiro atoms. The summed E-state index contributed by atoms with van der Waals surface area (Å²) >= 11 is 0. The second-order valence-corrected chi connectivity index (χ2v) is 13.6. The molecule has 2 aliphatic rings. The number of carbonyl (C=O) groups is 1. The number of allylic oxidation sites excluding steroid dienone is 2. The van der Waals surface area contributed by atoms with E-state index in [4.69, 9.17) is 4.74 Å². The van der Waals surface area contributed by atoms with Gasteiger partial charge in [-0.2, -0.15) is 0 Å². The van der Waals surface area contributed by atoms with Gasteiger partial charge in [0.15, 0.2) is 0 Å². The maximum absolute atomic E-state index is 13.6. The van der Waals surface area contributed by atoms with Gasteiger partial charge >= 0.3 is 50.7 Å². The number of carbonyl (C=O) groups excluding carboxylic acids is 1. The van der Waals surface area contributed by atoms with Crippen LogP contribution in [0.4, 0.5) is 0 Å². The van der Waals surface area contributed by atoms with Crippen LogP contribution in [0.3, 0.4) is 0 Å². The zero-order chi connectivity index (χ0) is 22.9. The van der Waals surface area contributed by atoms with Gasteiger partial charge < -0.3 is 29.6 Å². The van der Waals surface area contributed by atoms with Crippen molar-refractivity contribution < 1.29 is 79.1 Å². The number of rotatable bonds is 6. The van der Waals surface area contributed by atoms with E-state index in [1.807, 2.05) is 6.92 Å².